The highest BCUT2D eigenvalue weighted by Gasteiger charge is 2.19. The number of rotatable bonds is 3. The lowest BCUT2D eigenvalue weighted by Crippen LogP contribution is -2.34. The third kappa shape index (κ3) is 2.73. The van der Waals surface area contributed by atoms with Gasteiger partial charge < -0.3 is 15.0 Å². The zero-order valence-electron chi connectivity index (χ0n) is 11.5. The van der Waals surface area contributed by atoms with Gasteiger partial charge in [-0.25, -0.2) is 4.98 Å². The van der Waals surface area contributed by atoms with Crippen LogP contribution in [0.25, 0.3) is 5.65 Å². The van der Waals surface area contributed by atoms with E-state index in [2.05, 4.69) is 27.4 Å². The number of nitrogen functional groups attached to an aromatic ring is 1. The smallest absolute Gasteiger partial charge is 0.139 e. The quantitative estimate of drug-likeness (QED) is 0.918. The van der Waals surface area contributed by atoms with Gasteiger partial charge in [0, 0.05) is 24.1 Å². The molecule has 4 heteroatoms. The number of likely N-dealkylation sites (tertiary alicyclic amines) is 1. The summed E-state index contributed by atoms with van der Waals surface area (Å²) < 4.78 is 2.06. The van der Waals surface area contributed by atoms with Crippen LogP contribution in [-0.2, 0) is 6.42 Å². The van der Waals surface area contributed by atoms with Crippen molar-refractivity contribution < 1.29 is 0 Å². The van der Waals surface area contributed by atoms with E-state index in [-0.39, 0.29) is 0 Å². The second-order valence-electron chi connectivity index (χ2n) is 5.54. The Morgan fingerprint density at radius 3 is 2.89 bits per heavy atom. The number of piperidine rings is 1. The number of imidazole rings is 1. The van der Waals surface area contributed by atoms with Gasteiger partial charge in [-0.1, -0.05) is 6.92 Å². The van der Waals surface area contributed by atoms with Crippen molar-refractivity contribution in [3.8, 4) is 0 Å². The number of pyridine rings is 1. The summed E-state index contributed by atoms with van der Waals surface area (Å²) in [6.07, 6.45) is 7.81. The summed E-state index contributed by atoms with van der Waals surface area (Å²) in [5, 5.41) is 0. The summed E-state index contributed by atoms with van der Waals surface area (Å²) in [6.45, 7) is 5.90. The topological polar surface area (TPSA) is 46.6 Å². The fourth-order valence-corrected chi connectivity index (χ4v) is 2.95. The van der Waals surface area contributed by atoms with Crippen molar-refractivity contribution in [3.05, 3.63) is 30.2 Å². The van der Waals surface area contributed by atoms with E-state index in [1.807, 2.05) is 18.3 Å². The van der Waals surface area contributed by atoms with E-state index in [0.29, 0.717) is 0 Å². The van der Waals surface area contributed by atoms with Gasteiger partial charge in [-0.05, 0) is 50.9 Å². The highest BCUT2D eigenvalue weighted by molar-refractivity contribution is 5.52. The molecule has 2 aromatic rings. The molecule has 19 heavy (non-hydrogen) atoms. The summed E-state index contributed by atoms with van der Waals surface area (Å²) in [7, 11) is 0. The van der Waals surface area contributed by atoms with E-state index in [1.165, 1.54) is 38.2 Å². The van der Waals surface area contributed by atoms with Crippen LogP contribution in [0.5, 0.6) is 0 Å². The minimum Gasteiger partial charge on any atom is -0.399 e. The normalized spacial score (nSPS) is 18.2. The van der Waals surface area contributed by atoms with E-state index >= 15 is 0 Å². The SMILES string of the molecule is CCN1CCC(Cc2cn3ccc(N)cc3n2)CC1. The maximum Gasteiger partial charge on any atom is 0.139 e. The van der Waals surface area contributed by atoms with Crippen LogP contribution in [-0.4, -0.2) is 33.9 Å². The largest absolute Gasteiger partial charge is 0.399 e. The summed E-state index contributed by atoms with van der Waals surface area (Å²) in [6, 6.07) is 3.85. The first-order chi connectivity index (χ1) is 9.24. The Morgan fingerprint density at radius 1 is 1.37 bits per heavy atom. The minimum atomic E-state index is 0.779. The summed E-state index contributed by atoms with van der Waals surface area (Å²) in [5.41, 5.74) is 8.72. The molecule has 0 atom stereocenters. The molecule has 0 bridgehead atoms. The van der Waals surface area contributed by atoms with Gasteiger partial charge in [0.2, 0.25) is 0 Å². The number of aromatic nitrogens is 2. The predicted octanol–water partition coefficient (Wildman–Crippen LogP) is 2.19. The van der Waals surface area contributed by atoms with Crippen LogP contribution in [0, 0.1) is 5.92 Å². The van der Waals surface area contributed by atoms with Crippen LogP contribution >= 0.6 is 0 Å². The van der Waals surface area contributed by atoms with E-state index in [9.17, 15) is 0 Å². The number of nitrogens with zero attached hydrogens (tertiary/aromatic N) is 3. The van der Waals surface area contributed by atoms with E-state index in [4.69, 9.17) is 5.73 Å². The molecule has 1 aliphatic heterocycles. The van der Waals surface area contributed by atoms with Gasteiger partial charge in [0.15, 0.2) is 0 Å². The molecule has 0 spiro atoms. The van der Waals surface area contributed by atoms with Gasteiger partial charge in [-0.3, -0.25) is 0 Å². The molecular formula is C15H22N4. The van der Waals surface area contributed by atoms with Crippen molar-refractivity contribution in [2.45, 2.75) is 26.2 Å². The van der Waals surface area contributed by atoms with Crippen LogP contribution in [0.15, 0.2) is 24.5 Å². The maximum absolute atomic E-state index is 5.79. The van der Waals surface area contributed by atoms with E-state index in [0.717, 1.165) is 23.7 Å². The Kier molecular flexibility index (Phi) is 3.42. The summed E-state index contributed by atoms with van der Waals surface area (Å²) >= 11 is 0. The molecule has 102 valence electrons. The second-order valence-corrected chi connectivity index (χ2v) is 5.54. The summed E-state index contributed by atoms with van der Waals surface area (Å²) in [5.74, 6) is 0.782. The number of hydrogen-bond donors (Lipinski definition) is 1. The fourth-order valence-electron chi connectivity index (χ4n) is 2.95. The Balaban J connectivity index is 1.68. The third-order valence-electron chi connectivity index (χ3n) is 4.19. The standard InChI is InChI=1S/C15H22N4/c1-2-18-6-3-12(4-7-18)9-14-11-19-8-5-13(16)10-15(19)17-14/h5,8,10-12H,2-4,6-7,9,16H2,1H3. The molecule has 2 aromatic heterocycles. The van der Waals surface area contributed by atoms with Crippen molar-refractivity contribution in [2.75, 3.05) is 25.4 Å². The lowest BCUT2D eigenvalue weighted by atomic mass is 9.92. The Morgan fingerprint density at radius 2 is 2.16 bits per heavy atom. The highest BCUT2D eigenvalue weighted by Crippen LogP contribution is 2.21. The van der Waals surface area contributed by atoms with Crippen molar-refractivity contribution in [1.29, 1.82) is 0 Å². The zero-order valence-corrected chi connectivity index (χ0v) is 11.5. The van der Waals surface area contributed by atoms with E-state index in [1.54, 1.807) is 0 Å². The van der Waals surface area contributed by atoms with Gasteiger partial charge in [-0.2, -0.15) is 0 Å². The molecule has 3 rings (SSSR count). The van der Waals surface area contributed by atoms with Gasteiger partial charge in [0.1, 0.15) is 5.65 Å². The van der Waals surface area contributed by atoms with Crippen molar-refractivity contribution in [2.24, 2.45) is 5.92 Å². The Labute approximate surface area is 114 Å². The minimum absolute atomic E-state index is 0.779. The average Bonchev–Trinajstić information content (AvgIpc) is 2.81. The van der Waals surface area contributed by atoms with Gasteiger partial charge >= 0.3 is 0 Å². The van der Waals surface area contributed by atoms with Gasteiger partial charge in [0.25, 0.3) is 0 Å². The monoisotopic (exact) mass is 258 g/mol. The molecule has 0 unspecified atom stereocenters. The van der Waals surface area contributed by atoms with Crippen molar-refractivity contribution in [1.82, 2.24) is 14.3 Å². The first kappa shape index (κ1) is 12.5. The van der Waals surface area contributed by atoms with Crippen LogP contribution in [0.3, 0.4) is 0 Å². The lowest BCUT2D eigenvalue weighted by molar-refractivity contribution is 0.191. The molecule has 2 N–H and O–H groups in total. The molecule has 0 radical (unpaired) electrons. The van der Waals surface area contributed by atoms with Crippen LogP contribution in [0.4, 0.5) is 5.69 Å². The van der Waals surface area contributed by atoms with Gasteiger partial charge in [0.05, 0.1) is 5.69 Å². The number of nitrogens with two attached hydrogens (primary N) is 1. The molecule has 4 nitrogen and oxygen atoms in total. The molecule has 1 fully saturated rings. The summed E-state index contributed by atoms with van der Waals surface area (Å²) in [4.78, 5) is 7.20. The average molecular weight is 258 g/mol. The molecule has 0 saturated carbocycles. The molecule has 3 heterocycles. The van der Waals surface area contributed by atoms with E-state index < -0.39 is 0 Å². The van der Waals surface area contributed by atoms with Crippen molar-refractivity contribution >= 4 is 11.3 Å². The number of hydrogen-bond acceptors (Lipinski definition) is 3. The Hall–Kier alpha value is -1.55. The highest BCUT2D eigenvalue weighted by atomic mass is 15.1. The van der Waals surface area contributed by atoms with Crippen LogP contribution in [0.1, 0.15) is 25.5 Å². The lowest BCUT2D eigenvalue weighted by Gasteiger charge is -2.30. The maximum atomic E-state index is 5.79. The van der Waals surface area contributed by atoms with Crippen molar-refractivity contribution in [3.63, 3.8) is 0 Å². The third-order valence-corrected chi connectivity index (χ3v) is 4.19. The Bertz CT molecular complexity index is 552. The molecule has 0 amide bonds. The molecule has 0 aliphatic carbocycles. The first-order valence-electron chi connectivity index (χ1n) is 7.20. The molecular weight excluding hydrogens is 236 g/mol. The second kappa shape index (κ2) is 5.21. The molecule has 0 aromatic carbocycles. The van der Waals surface area contributed by atoms with Crippen LogP contribution < -0.4 is 5.73 Å². The van der Waals surface area contributed by atoms with Crippen LogP contribution in [0.2, 0.25) is 0 Å². The first-order valence-corrected chi connectivity index (χ1v) is 7.20. The number of anilines is 1. The predicted molar refractivity (Wildman–Crippen MR) is 78.1 cm³/mol. The molecule has 1 aliphatic rings. The fraction of sp³-hybridized carbons (Fsp3) is 0.533. The van der Waals surface area contributed by atoms with Gasteiger partial charge in [-0.15, -0.1) is 0 Å². The number of fused-ring (bicyclic) bond motifs is 1. The zero-order chi connectivity index (χ0) is 13.2. The molecule has 1 saturated heterocycles.